The molecule has 0 atom stereocenters. The van der Waals surface area contributed by atoms with Crippen LogP contribution in [0.25, 0.3) is 5.65 Å². The lowest BCUT2D eigenvalue weighted by Crippen LogP contribution is -2.38. The number of nitrogens with one attached hydrogen (secondary N) is 2. The summed E-state index contributed by atoms with van der Waals surface area (Å²) in [4.78, 5) is 11.0. The van der Waals surface area contributed by atoms with Crippen LogP contribution in [-0.2, 0) is 25.6 Å². The van der Waals surface area contributed by atoms with Gasteiger partial charge in [-0.3, -0.25) is 9.89 Å². The number of H-pyrrole nitrogens is 1. The van der Waals surface area contributed by atoms with Crippen molar-refractivity contribution in [3.63, 3.8) is 0 Å². The predicted octanol–water partition coefficient (Wildman–Crippen LogP) is 6.48. The fourth-order valence-electron chi connectivity index (χ4n) is 6.61. The van der Waals surface area contributed by atoms with Crippen LogP contribution in [0.15, 0.2) is 23.1 Å². The Hall–Kier alpha value is -2.63. The van der Waals surface area contributed by atoms with Gasteiger partial charge in [0.25, 0.3) is 0 Å². The van der Waals surface area contributed by atoms with Gasteiger partial charge in [-0.15, -0.1) is 10.2 Å². The van der Waals surface area contributed by atoms with Crippen LogP contribution in [0.1, 0.15) is 121 Å². The number of rotatable bonds is 12. The first-order valence-electron chi connectivity index (χ1n) is 15.5. The van der Waals surface area contributed by atoms with Crippen LogP contribution in [0, 0.1) is 0 Å². The molecule has 2 aliphatic carbocycles. The van der Waals surface area contributed by atoms with E-state index in [0.29, 0.717) is 22.4 Å². The lowest BCUT2D eigenvalue weighted by Gasteiger charge is -2.32. The average molecular weight is 634 g/mol. The highest BCUT2D eigenvalue weighted by Crippen LogP contribution is 2.43. The van der Waals surface area contributed by atoms with Gasteiger partial charge >= 0.3 is 5.97 Å². The number of carbonyl (C=O) groups is 1. The highest BCUT2D eigenvalue weighted by atomic mass is 35.5. The van der Waals surface area contributed by atoms with Gasteiger partial charge < -0.3 is 9.84 Å². The molecule has 5 rings (SSSR count). The lowest BCUT2D eigenvalue weighted by atomic mass is 9.73. The number of hydrogen-bond acceptors (Lipinski definition) is 6. The highest BCUT2D eigenvalue weighted by molar-refractivity contribution is 7.89. The van der Waals surface area contributed by atoms with E-state index in [1.165, 1.54) is 12.8 Å². The Morgan fingerprint density at radius 1 is 1.16 bits per heavy atom. The maximum atomic E-state index is 13.9. The standard InChI is InChI=1S/C31H44ClN5O5S/c1-30(2,29-35-34-28-26(32)27(36-37(28)29)31(3)16-8-5-9-17-31)20-33-43(40,41)24-19-22(21-11-6-4-7-12-21)14-15-23(24)42-18-10-13-25(38)39/h14-15,19,21,33,36H,4-13,16-18,20H2,1-3H3,(H,38,39). The monoisotopic (exact) mass is 633 g/mol. The second-order valence-electron chi connectivity index (χ2n) is 13.2. The summed E-state index contributed by atoms with van der Waals surface area (Å²) in [6, 6.07) is 5.38. The number of halogens is 1. The summed E-state index contributed by atoms with van der Waals surface area (Å²) in [5.41, 5.74) is 1.69. The van der Waals surface area contributed by atoms with Gasteiger partial charge in [-0.25, -0.2) is 17.7 Å². The van der Waals surface area contributed by atoms with Crippen molar-refractivity contribution in [2.75, 3.05) is 13.2 Å². The van der Waals surface area contributed by atoms with E-state index < -0.39 is 21.4 Å². The molecule has 3 aromatic rings. The Labute approximate surface area is 259 Å². The first-order chi connectivity index (χ1) is 20.4. The van der Waals surface area contributed by atoms with E-state index in [1.54, 1.807) is 16.6 Å². The first kappa shape index (κ1) is 31.8. The van der Waals surface area contributed by atoms with Crippen molar-refractivity contribution < 1.29 is 23.1 Å². The van der Waals surface area contributed by atoms with Gasteiger partial charge in [-0.2, -0.15) is 0 Å². The van der Waals surface area contributed by atoms with Gasteiger partial charge in [-0.1, -0.05) is 77.0 Å². The van der Waals surface area contributed by atoms with Gasteiger partial charge in [0.15, 0.2) is 11.5 Å². The zero-order valence-electron chi connectivity index (χ0n) is 25.4. The first-order valence-corrected chi connectivity index (χ1v) is 17.4. The Bertz CT molecular complexity index is 1550. The SMILES string of the molecule is CC(C)(CNS(=O)(=O)c1cc(C2CCCCC2)ccc1OCCCC(=O)O)c1nnc2c(Cl)c(C3(C)CCCCC3)[nH]n12. The Morgan fingerprint density at radius 3 is 2.56 bits per heavy atom. The topological polar surface area (TPSA) is 139 Å². The Balaban J connectivity index is 1.39. The third-order valence-electron chi connectivity index (χ3n) is 9.30. The zero-order valence-corrected chi connectivity index (χ0v) is 27.0. The summed E-state index contributed by atoms with van der Waals surface area (Å²) in [5.74, 6) is 0.196. The van der Waals surface area contributed by atoms with Crippen LogP contribution in [0.3, 0.4) is 0 Å². The fraction of sp³-hybridized carbons (Fsp3) is 0.645. The highest BCUT2D eigenvalue weighted by Gasteiger charge is 2.37. The molecule has 43 heavy (non-hydrogen) atoms. The maximum Gasteiger partial charge on any atom is 0.303 e. The number of fused-ring (bicyclic) bond motifs is 1. The summed E-state index contributed by atoms with van der Waals surface area (Å²) in [6.45, 7) is 6.24. The number of ether oxygens (including phenoxy) is 1. The van der Waals surface area contributed by atoms with Crippen molar-refractivity contribution in [2.24, 2.45) is 0 Å². The molecule has 0 aliphatic heterocycles. The van der Waals surface area contributed by atoms with Crippen LogP contribution in [-0.4, -0.2) is 52.5 Å². The van der Waals surface area contributed by atoms with E-state index in [2.05, 4.69) is 26.9 Å². The number of benzene rings is 1. The van der Waals surface area contributed by atoms with Crippen molar-refractivity contribution in [3.05, 3.63) is 40.3 Å². The minimum absolute atomic E-state index is 0.0505. The maximum absolute atomic E-state index is 13.9. The summed E-state index contributed by atoms with van der Waals surface area (Å²) in [6.07, 6.45) is 11.4. The predicted molar refractivity (Wildman–Crippen MR) is 166 cm³/mol. The van der Waals surface area contributed by atoms with Crippen LogP contribution in [0.5, 0.6) is 5.75 Å². The molecular weight excluding hydrogens is 590 g/mol. The van der Waals surface area contributed by atoms with E-state index in [9.17, 15) is 13.2 Å². The van der Waals surface area contributed by atoms with Gasteiger partial charge in [0.2, 0.25) is 10.0 Å². The zero-order chi connectivity index (χ0) is 30.8. The van der Waals surface area contributed by atoms with E-state index >= 15 is 0 Å². The Kier molecular flexibility index (Phi) is 9.44. The summed E-state index contributed by atoms with van der Waals surface area (Å²) in [7, 11) is -4.00. The van der Waals surface area contributed by atoms with Crippen LogP contribution < -0.4 is 9.46 Å². The minimum atomic E-state index is -4.00. The second kappa shape index (κ2) is 12.8. The molecule has 236 valence electrons. The fourth-order valence-corrected chi connectivity index (χ4v) is 8.39. The van der Waals surface area contributed by atoms with Crippen molar-refractivity contribution in [3.8, 4) is 5.75 Å². The number of aromatic amines is 1. The van der Waals surface area contributed by atoms with Gasteiger partial charge in [0.1, 0.15) is 15.7 Å². The number of carboxylic acids is 1. The molecule has 0 amide bonds. The van der Waals surface area contributed by atoms with Crippen molar-refractivity contribution in [2.45, 2.75) is 119 Å². The van der Waals surface area contributed by atoms with E-state index in [1.807, 2.05) is 19.9 Å². The summed E-state index contributed by atoms with van der Waals surface area (Å²) >= 11 is 6.83. The molecule has 2 saturated carbocycles. The molecule has 0 spiro atoms. The molecule has 0 saturated heterocycles. The largest absolute Gasteiger partial charge is 0.492 e. The molecule has 0 bridgehead atoms. The van der Waals surface area contributed by atoms with Crippen molar-refractivity contribution >= 4 is 33.2 Å². The summed E-state index contributed by atoms with van der Waals surface area (Å²) < 4.78 is 38.2. The number of nitrogens with zero attached hydrogens (tertiary/aromatic N) is 3. The van der Waals surface area contributed by atoms with E-state index in [4.69, 9.17) is 21.4 Å². The van der Waals surface area contributed by atoms with E-state index in [-0.39, 0.29) is 42.1 Å². The van der Waals surface area contributed by atoms with Gasteiger partial charge in [0.05, 0.1) is 12.3 Å². The normalized spacial score (nSPS) is 18.2. The number of aliphatic carboxylic acids is 1. The molecule has 10 nitrogen and oxygen atoms in total. The smallest absolute Gasteiger partial charge is 0.303 e. The molecule has 2 aliphatic rings. The number of carboxylic acid groups (broad SMARTS) is 1. The molecular formula is C31H44ClN5O5S. The molecule has 3 N–H and O–H groups in total. The number of hydrogen-bond donors (Lipinski definition) is 3. The van der Waals surface area contributed by atoms with Crippen molar-refractivity contribution in [1.82, 2.24) is 24.5 Å². The molecule has 2 fully saturated rings. The van der Waals surface area contributed by atoms with Crippen molar-refractivity contribution in [1.29, 1.82) is 0 Å². The molecule has 2 heterocycles. The van der Waals surface area contributed by atoms with Crippen LogP contribution >= 0.6 is 11.6 Å². The minimum Gasteiger partial charge on any atom is -0.492 e. The third kappa shape index (κ3) is 6.88. The van der Waals surface area contributed by atoms with Gasteiger partial charge in [-0.05, 0) is 55.7 Å². The van der Waals surface area contributed by atoms with Gasteiger partial charge in [0, 0.05) is 23.8 Å². The van der Waals surface area contributed by atoms with Crippen LogP contribution in [0.2, 0.25) is 5.02 Å². The molecule has 0 radical (unpaired) electrons. The van der Waals surface area contributed by atoms with Crippen LogP contribution in [0.4, 0.5) is 0 Å². The molecule has 0 unspecified atom stereocenters. The molecule has 12 heteroatoms. The average Bonchev–Trinajstić information content (AvgIpc) is 3.56. The number of sulfonamides is 1. The number of aromatic nitrogens is 4. The second-order valence-corrected chi connectivity index (χ2v) is 15.3. The lowest BCUT2D eigenvalue weighted by molar-refractivity contribution is -0.137. The van der Waals surface area contributed by atoms with E-state index in [0.717, 1.165) is 62.6 Å². The Morgan fingerprint density at radius 2 is 1.86 bits per heavy atom. The molecule has 1 aromatic carbocycles. The quantitative estimate of drug-likeness (QED) is 0.194. The molecule has 2 aromatic heterocycles. The summed E-state index contributed by atoms with van der Waals surface area (Å²) in [5, 5.41) is 21.8. The third-order valence-corrected chi connectivity index (χ3v) is 11.1.